The van der Waals surface area contributed by atoms with Gasteiger partial charge in [0, 0.05) is 13.1 Å². The van der Waals surface area contributed by atoms with Crippen LogP contribution in [-0.4, -0.2) is 65.2 Å². The van der Waals surface area contributed by atoms with Crippen molar-refractivity contribution in [1.29, 1.82) is 0 Å². The van der Waals surface area contributed by atoms with Crippen LogP contribution in [0.4, 0.5) is 4.79 Å². The van der Waals surface area contributed by atoms with E-state index in [1.807, 2.05) is 0 Å². The van der Waals surface area contributed by atoms with E-state index in [0.29, 0.717) is 13.1 Å². The Kier molecular flexibility index (Phi) is 6.10. The zero-order valence-electron chi connectivity index (χ0n) is 11.7. The topological polar surface area (TPSA) is 136 Å². The Bertz CT molecular complexity index is 439. The lowest BCUT2D eigenvalue weighted by molar-refractivity contribution is -0.157. The van der Waals surface area contributed by atoms with Crippen LogP contribution in [0.15, 0.2) is 0 Å². The molecule has 0 bridgehead atoms. The minimum Gasteiger partial charge on any atom is -0.481 e. The molecule has 9 nitrogen and oxygen atoms in total. The quantitative estimate of drug-likeness (QED) is 0.508. The van der Waals surface area contributed by atoms with Gasteiger partial charge in [0.05, 0.1) is 18.4 Å². The average molecular weight is 301 g/mol. The van der Waals surface area contributed by atoms with Crippen molar-refractivity contribution in [2.75, 3.05) is 26.2 Å². The van der Waals surface area contributed by atoms with Crippen LogP contribution >= 0.6 is 0 Å². The number of likely N-dealkylation sites (tertiary alicyclic amines) is 1. The van der Waals surface area contributed by atoms with Crippen molar-refractivity contribution in [3.63, 3.8) is 0 Å². The maximum atomic E-state index is 11.6. The van der Waals surface area contributed by atoms with Gasteiger partial charge in [-0.2, -0.15) is 0 Å². The maximum absolute atomic E-state index is 11.6. The third kappa shape index (κ3) is 5.03. The van der Waals surface area contributed by atoms with Gasteiger partial charge >= 0.3 is 18.0 Å². The standard InChI is InChI=1S/C12H19N3O6/c1-2-13-12(21)14-9(16)6-15-4-3-7(10(17)18)8(5-15)11(19)20/h7-8H,2-6H2,1H3,(H,17,18)(H,19,20)(H2,13,14,16,21). The van der Waals surface area contributed by atoms with Gasteiger partial charge in [0.25, 0.3) is 0 Å². The molecule has 1 aliphatic rings. The number of carboxylic acids is 2. The second-order valence-corrected chi connectivity index (χ2v) is 4.82. The Labute approximate surface area is 121 Å². The molecular formula is C12H19N3O6. The molecular weight excluding hydrogens is 282 g/mol. The maximum Gasteiger partial charge on any atom is 0.321 e. The van der Waals surface area contributed by atoms with Crippen molar-refractivity contribution < 1.29 is 29.4 Å². The molecule has 21 heavy (non-hydrogen) atoms. The van der Waals surface area contributed by atoms with E-state index in [-0.39, 0.29) is 19.5 Å². The highest BCUT2D eigenvalue weighted by molar-refractivity contribution is 5.95. The van der Waals surface area contributed by atoms with Gasteiger partial charge in [-0.25, -0.2) is 4.79 Å². The second kappa shape index (κ2) is 7.58. The fraction of sp³-hybridized carbons (Fsp3) is 0.667. The number of hydrogen-bond acceptors (Lipinski definition) is 5. The third-order valence-corrected chi connectivity index (χ3v) is 3.29. The van der Waals surface area contributed by atoms with Crippen LogP contribution in [0.3, 0.4) is 0 Å². The Balaban J connectivity index is 2.54. The first-order valence-electron chi connectivity index (χ1n) is 6.60. The van der Waals surface area contributed by atoms with Crippen LogP contribution in [-0.2, 0) is 14.4 Å². The lowest BCUT2D eigenvalue weighted by Crippen LogP contribution is -2.50. The number of amides is 3. The van der Waals surface area contributed by atoms with Crippen LogP contribution in [0.1, 0.15) is 13.3 Å². The molecule has 4 N–H and O–H groups in total. The molecule has 1 saturated heterocycles. The number of nitrogens with one attached hydrogen (secondary N) is 2. The van der Waals surface area contributed by atoms with Crippen LogP contribution in [0.2, 0.25) is 0 Å². The van der Waals surface area contributed by atoms with Gasteiger partial charge in [-0.3, -0.25) is 24.6 Å². The number of imide groups is 1. The average Bonchev–Trinajstić information content (AvgIpc) is 2.38. The molecule has 1 aliphatic heterocycles. The van der Waals surface area contributed by atoms with Crippen molar-refractivity contribution in [2.24, 2.45) is 11.8 Å². The minimum absolute atomic E-state index is 0.0326. The van der Waals surface area contributed by atoms with Crippen LogP contribution in [0.25, 0.3) is 0 Å². The predicted octanol–water partition coefficient (Wildman–Crippen LogP) is -1.06. The first-order chi connectivity index (χ1) is 9.85. The largest absolute Gasteiger partial charge is 0.481 e. The molecule has 2 unspecified atom stereocenters. The first kappa shape index (κ1) is 16.9. The number of aliphatic carboxylic acids is 2. The summed E-state index contributed by atoms with van der Waals surface area (Å²) in [6.07, 6.45) is 0.154. The van der Waals surface area contributed by atoms with Gasteiger partial charge in [0.2, 0.25) is 5.91 Å². The lowest BCUT2D eigenvalue weighted by Gasteiger charge is -2.33. The number of rotatable bonds is 5. The number of carboxylic acid groups (broad SMARTS) is 2. The number of hydrogen-bond donors (Lipinski definition) is 4. The van der Waals surface area contributed by atoms with Gasteiger partial charge in [-0.15, -0.1) is 0 Å². The van der Waals surface area contributed by atoms with E-state index in [1.165, 1.54) is 4.90 Å². The molecule has 0 aromatic carbocycles. The highest BCUT2D eigenvalue weighted by atomic mass is 16.4. The first-order valence-corrected chi connectivity index (χ1v) is 6.60. The van der Waals surface area contributed by atoms with Crippen LogP contribution < -0.4 is 10.6 Å². The molecule has 118 valence electrons. The summed E-state index contributed by atoms with van der Waals surface area (Å²) < 4.78 is 0. The van der Waals surface area contributed by atoms with E-state index < -0.39 is 35.7 Å². The monoisotopic (exact) mass is 301 g/mol. The third-order valence-electron chi connectivity index (χ3n) is 3.29. The highest BCUT2D eigenvalue weighted by Crippen LogP contribution is 2.24. The summed E-state index contributed by atoms with van der Waals surface area (Å²) in [7, 11) is 0. The zero-order chi connectivity index (χ0) is 16.0. The van der Waals surface area contributed by atoms with E-state index in [9.17, 15) is 19.2 Å². The number of carbonyl (C=O) groups excluding carboxylic acids is 2. The van der Waals surface area contributed by atoms with Gasteiger partial charge < -0.3 is 15.5 Å². The van der Waals surface area contributed by atoms with Crippen molar-refractivity contribution in [1.82, 2.24) is 15.5 Å². The van der Waals surface area contributed by atoms with E-state index in [1.54, 1.807) is 6.92 Å². The second-order valence-electron chi connectivity index (χ2n) is 4.82. The number of nitrogens with zero attached hydrogens (tertiary/aromatic N) is 1. The van der Waals surface area contributed by atoms with Gasteiger partial charge in [0.15, 0.2) is 0 Å². The SMILES string of the molecule is CCNC(=O)NC(=O)CN1CCC(C(=O)O)C(C(=O)O)C1. The molecule has 1 fully saturated rings. The van der Waals surface area contributed by atoms with Crippen LogP contribution in [0.5, 0.6) is 0 Å². The van der Waals surface area contributed by atoms with Crippen molar-refractivity contribution in [3.8, 4) is 0 Å². The highest BCUT2D eigenvalue weighted by Gasteiger charge is 2.39. The Morgan fingerprint density at radius 1 is 1.14 bits per heavy atom. The van der Waals surface area contributed by atoms with E-state index in [2.05, 4.69) is 10.6 Å². The van der Waals surface area contributed by atoms with E-state index in [0.717, 1.165) is 0 Å². The summed E-state index contributed by atoms with van der Waals surface area (Å²) in [5, 5.41) is 22.6. The smallest absolute Gasteiger partial charge is 0.321 e. The van der Waals surface area contributed by atoms with Crippen LogP contribution in [0, 0.1) is 11.8 Å². The summed E-state index contributed by atoms with van der Waals surface area (Å²) in [6, 6.07) is -0.613. The molecule has 1 heterocycles. The molecule has 0 saturated carbocycles. The summed E-state index contributed by atoms with van der Waals surface area (Å²) >= 11 is 0. The fourth-order valence-corrected chi connectivity index (χ4v) is 2.28. The Hall–Kier alpha value is -2.16. The predicted molar refractivity (Wildman–Crippen MR) is 70.5 cm³/mol. The molecule has 0 aromatic rings. The molecule has 0 spiro atoms. The minimum atomic E-state index is -1.20. The number of piperidine rings is 1. The summed E-state index contributed by atoms with van der Waals surface area (Å²) in [6.45, 7) is 2.20. The van der Waals surface area contributed by atoms with Crippen molar-refractivity contribution in [3.05, 3.63) is 0 Å². The van der Waals surface area contributed by atoms with Crippen molar-refractivity contribution in [2.45, 2.75) is 13.3 Å². The molecule has 0 radical (unpaired) electrons. The van der Waals surface area contributed by atoms with Gasteiger partial charge in [0.1, 0.15) is 0 Å². The molecule has 0 aliphatic carbocycles. The number of urea groups is 1. The Morgan fingerprint density at radius 3 is 2.29 bits per heavy atom. The zero-order valence-corrected chi connectivity index (χ0v) is 11.7. The molecule has 9 heteroatoms. The van der Waals surface area contributed by atoms with Crippen molar-refractivity contribution >= 4 is 23.9 Å². The van der Waals surface area contributed by atoms with E-state index >= 15 is 0 Å². The molecule has 3 amide bonds. The number of carbonyl (C=O) groups is 4. The van der Waals surface area contributed by atoms with E-state index in [4.69, 9.17) is 10.2 Å². The Morgan fingerprint density at radius 2 is 1.76 bits per heavy atom. The van der Waals surface area contributed by atoms with Gasteiger partial charge in [-0.05, 0) is 19.9 Å². The molecule has 0 aromatic heterocycles. The summed E-state index contributed by atoms with van der Waals surface area (Å²) in [5.74, 6) is -4.91. The normalized spacial score (nSPS) is 22.3. The summed E-state index contributed by atoms with van der Waals surface area (Å²) in [5.41, 5.74) is 0. The molecule has 2 atom stereocenters. The lowest BCUT2D eigenvalue weighted by atomic mass is 9.85. The molecule has 1 rings (SSSR count). The summed E-state index contributed by atoms with van der Waals surface area (Å²) in [4.78, 5) is 46.4. The fourth-order valence-electron chi connectivity index (χ4n) is 2.28. The van der Waals surface area contributed by atoms with Gasteiger partial charge in [-0.1, -0.05) is 0 Å².